The number of fused-ring (bicyclic) bond motifs is 2. The molecule has 4 nitrogen and oxygen atoms in total. The molecule has 1 aromatic carbocycles. The van der Waals surface area contributed by atoms with Crippen molar-refractivity contribution in [2.24, 2.45) is 0 Å². The zero-order valence-corrected chi connectivity index (χ0v) is 14.0. The van der Waals surface area contributed by atoms with Crippen molar-refractivity contribution in [2.45, 2.75) is 12.8 Å². The van der Waals surface area contributed by atoms with Gasteiger partial charge in [-0.15, -0.1) is 17.0 Å². The summed E-state index contributed by atoms with van der Waals surface area (Å²) in [5.41, 5.74) is 5.44. The predicted molar refractivity (Wildman–Crippen MR) is 96.0 cm³/mol. The van der Waals surface area contributed by atoms with Crippen molar-refractivity contribution in [3.05, 3.63) is 59.2 Å². The van der Waals surface area contributed by atoms with Gasteiger partial charge in [-0.2, -0.15) is 0 Å². The molecule has 0 saturated carbocycles. The number of imidazole rings is 1. The first-order valence-electron chi connectivity index (χ1n) is 7.17. The highest BCUT2D eigenvalue weighted by atomic mass is 79.9. The number of nitrogens with one attached hydrogen (secondary N) is 1. The Kier molecular flexibility index (Phi) is 5.34. The van der Waals surface area contributed by atoms with Gasteiger partial charge in [0.05, 0.1) is 0 Å². The summed E-state index contributed by atoms with van der Waals surface area (Å²) in [5, 5.41) is 3.43. The minimum atomic E-state index is 0. The van der Waals surface area contributed by atoms with E-state index in [4.69, 9.17) is 0 Å². The van der Waals surface area contributed by atoms with E-state index in [0.717, 1.165) is 31.8 Å². The number of aromatic nitrogens is 2. The first kappa shape index (κ1) is 16.7. The fraction of sp³-hybridized carbons (Fsp3) is 0.235. The molecule has 2 aromatic rings. The molecule has 0 amide bonds. The lowest BCUT2D eigenvalue weighted by atomic mass is 9.91. The van der Waals surface area contributed by atoms with Crippen molar-refractivity contribution >= 4 is 34.8 Å². The zero-order chi connectivity index (χ0) is 13.4. The van der Waals surface area contributed by atoms with Crippen molar-refractivity contribution < 1.29 is 5.48 Å². The van der Waals surface area contributed by atoms with Gasteiger partial charge in [-0.3, -0.25) is 0 Å². The van der Waals surface area contributed by atoms with Crippen LogP contribution in [0.2, 0.25) is 0 Å². The molecule has 0 aliphatic carbocycles. The fourth-order valence-electron chi connectivity index (χ4n) is 3.11. The standard InChI is InChI=1S/C17H17N3.BrH.H2O/c1-2-4-15-13(3-1)7-11-20-12-10-19-17(20)16(15)14-5-8-18-9-6-14;;/h1-4,7,10-12,18H,5-6,8-9H2;1H;1H2. The topological polar surface area (TPSA) is 61.4 Å². The van der Waals surface area contributed by atoms with Crippen LogP contribution < -0.4 is 5.32 Å². The van der Waals surface area contributed by atoms with E-state index in [0.29, 0.717) is 0 Å². The van der Waals surface area contributed by atoms with Gasteiger partial charge in [0.2, 0.25) is 0 Å². The van der Waals surface area contributed by atoms with E-state index in [1.807, 2.05) is 12.4 Å². The maximum Gasteiger partial charge on any atom is 0.144 e. The van der Waals surface area contributed by atoms with Crippen LogP contribution in [-0.2, 0) is 0 Å². The molecule has 0 atom stereocenters. The van der Waals surface area contributed by atoms with E-state index in [9.17, 15) is 0 Å². The van der Waals surface area contributed by atoms with Gasteiger partial charge in [-0.05, 0) is 43.1 Å². The summed E-state index contributed by atoms with van der Waals surface area (Å²) in [6.45, 7) is 2.13. The van der Waals surface area contributed by atoms with Crippen LogP contribution in [0.3, 0.4) is 0 Å². The van der Waals surface area contributed by atoms with Crippen molar-refractivity contribution in [3.8, 4) is 0 Å². The number of benzene rings is 1. The minimum absolute atomic E-state index is 0. The number of hydrogen-bond donors (Lipinski definition) is 1. The molecule has 5 heteroatoms. The third kappa shape index (κ3) is 2.79. The maximum atomic E-state index is 4.61. The molecule has 2 aliphatic rings. The second-order valence-electron chi connectivity index (χ2n) is 5.29. The van der Waals surface area contributed by atoms with Crippen LogP contribution in [0.25, 0.3) is 17.8 Å². The van der Waals surface area contributed by atoms with E-state index in [1.54, 1.807) is 0 Å². The SMILES string of the molecule is Br.C1=Cn2ccnc2C(=C2CCNCC2)c2ccccc21.O. The summed E-state index contributed by atoms with van der Waals surface area (Å²) in [4.78, 5) is 4.61. The highest BCUT2D eigenvalue weighted by Gasteiger charge is 2.21. The van der Waals surface area contributed by atoms with Gasteiger partial charge in [0.1, 0.15) is 5.82 Å². The number of halogens is 1. The summed E-state index contributed by atoms with van der Waals surface area (Å²) in [6, 6.07) is 8.61. The van der Waals surface area contributed by atoms with Crippen molar-refractivity contribution in [1.29, 1.82) is 0 Å². The first-order chi connectivity index (χ1) is 9.93. The number of rotatable bonds is 0. The van der Waals surface area contributed by atoms with Crippen LogP contribution in [-0.4, -0.2) is 28.1 Å². The predicted octanol–water partition coefficient (Wildman–Crippen LogP) is 2.76. The van der Waals surface area contributed by atoms with Gasteiger partial charge in [-0.25, -0.2) is 4.98 Å². The Morgan fingerprint density at radius 2 is 1.86 bits per heavy atom. The molecular formula is C17H20BrN3O. The lowest BCUT2D eigenvalue weighted by Gasteiger charge is -2.20. The second-order valence-corrected chi connectivity index (χ2v) is 5.29. The lowest BCUT2D eigenvalue weighted by Crippen LogP contribution is -2.24. The largest absolute Gasteiger partial charge is 0.412 e. The molecule has 3 heterocycles. The van der Waals surface area contributed by atoms with E-state index >= 15 is 0 Å². The van der Waals surface area contributed by atoms with Crippen molar-refractivity contribution in [1.82, 2.24) is 14.9 Å². The van der Waals surface area contributed by atoms with Gasteiger partial charge in [-0.1, -0.05) is 29.8 Å². The highest BCUT2D eigenvalue weighted by molar-refractivity contribution is 8.93. The van der Waals surface area contributed by atoms with E-state index in [-0.39, 0.29) is 22.5 Å². The van der Waals surface area contributed by atoms with E-state index in [2.05, 4.69) is 51.4 Å². The van der Waals surface area contributed by atoms with E-state index < -0.39 is 0 Å². The Hall–Kier alpha value is -1.69. The molecule has 0 unspecified atom stereocenters. The number of piperidine rings is 1. The molecule has 22 heavy (non-hydrogen) atoms. The van der Waals surface area contributed by atoms with Crippen LogP contribution in [0.15, 0.2) is 42.2 Å². The van der Waals surface area contributed by atoms with Crippen LogP contribution in [0.1, 0.15) is 29.8 Å². The molecule has 1 aromatic heterocycles. The molecule has 0 spiro atoms. The molecule has 1 saturated heterocycles. The van der Waals surface area contributed by atoms with E-state index in [1.165, 1.54) is 22.3 Å². The highest BCUT2D eigenvalue weighted by Crippen LogP contribution is 2.34. The maximum absolute atomic E-state index is 4.61. The molecule has 116 valence electrons. The monoisotopic (exact) mass is 361 g/mol. The third-order valence-corrected chi connectivity index (χ3v) is 4.10. The van der Waals surface area contributed by atoms with Crippen molar-refractivity contribution in [2.75, 3.05) is 13.1 Å². The molecule has 2 aliphatic heterocycles. The van der Waals surface area contributed by atoms with Gasteiger partial charge < -0.3 is 15.4 Å². The molecular weight excluding hydrogens is 342 g/mol. The van der Waals surface area contributed by atoms with Crippen LogP contribution >= 0.6 is 17.0 Å². The first-order valence-corrected chi connectivity index (χ1v) is 7.17. The molecule has 1 fully saturated rings. The van der Waals surface area contributed by atoms with Crippen LogP contribution in [0.5, 0.6) is 0 Å². The number of nitrogens with zero attached hydrogens (tertiary/aromatic N) is 2. The summed E-state index contributed by atoms with van der Waals surface area (Å²) in [7, 11) is 0. The summed E-state index contributed by atoms with van der Waals surface area (Å²) in [6.07, 6.45) is 10.4. The Balaban J connectivity index is 0.000000882. The number of hydrogen-bond acceptors (Lipinski definition) is 2. The van der Waals surface area contributed by atoms with Crippen LogP contribution in [0.4, 0.5) is 0 Å². The van der Waals surface area contributed by atoms with Gasteiger partial charge in [0.15, 0.2) is 0 Å². The molecule has 0 bridgehead atoms. The minimum Gasteiger partial charge on any atom is -0.412 e. The Bertz CT molecular complexity index is 710. The molecule has 0 radical (unpaired) electrons. The average Bonchev–Trinajstić information content (AvgIpc) is 2.90. The smallest absolute Gasteiger partial charge is 0.144 e. The normalized spacial score (nSPS) is 16.0. The molecule has 4 rings (SSSR count). The van der Waals surface area contributed by atoms with Gasteiger partial charge in [0, 0.05) is 24.2 Å². The average molecular weight is 362 g/mol. The third-order valence-electron chi connectivity index (χ3n) is 4.10. The lowest BCUT2D eigenvalue weighted by molar-refractivity contribution is 0.611. The zero-order valence-electron chi connectivity index (χ0n) is 12.2. The summed E-state index contributed by atoms with van der Waals surface area (Å²) in [5.74, 6) is 1.07. The quantitative estimate of drug-likeness (QED) is 0.669. The molecule has 3 N–H and O–H groups in total. The Morgan fingerprint density at radius 1 is 1.09 bits per heavy atom. The Morgan fingerprint density at radius 3 is 2.68 bits per heavy atom. The Labute approximate surface area is 140 Å². The van der Waals surface area contributed by atoms with Gasteiger partial charge >= 0.3 is 0 Å². The van der Waals surface area contributed by atoms with Crippen LogP contribution in [0, 0.1) is 0 Å². The summed E-state index contributed by atoms with van der Waals surface area (Å²) < 4.78 is 2.13. The van der Waals surface area contributed by atoms with Crippen molar-refractivity contribution in [3.63, 3.8) is 0 Å². The van der Waals surface area contributed by atoms with Gasteiger partial charge in [0.25, 0.3) is 0 Å². The second kappa shape index (κ2) is 7.05. The fourth-order valence-corrected chi connectivity index (χ4v) is 3.11. The summed E-state index contributed by atoms with van der Waals surface area (Å²) >= 11 is 0.